The van der Waals surface area contributed by atoms with E-state index in [1.165, 1.54) is 0 Å². The second-order valence-electron chi connectivity index (χ2n) is 5.87. The fourth-order valence-corrected chi connectivity index (χ4v) is 2.80. The van der Waals surface area contributed by atoms with Gasteiger partial charge in [0.05, 0.1) is 24.4 Å². The minimum absolute atomic E-state index is 0.324. The number of nitrogens with one attached hydrogen (secondary N) is 1. The summed E-state index contributed by atoms with van der Waals surface area (Å²) in [4.78, 5) is 8.81. The molecule has 0 unspecified atom stereocenters. The average molecular weight is 320 g/mol. The highest BCUT2D eigenvalue weighted by atomic mass is 16.5. The van der Waals surface area contributed by atoms with Gasteiger partial charge in [-0.3, -0.25) is 0 Å². The van der Waals surface area contributed by atoms with E-state index in [1.54, 1.807) is 23.1 Å². The van der Waals surface area contributed by atoms with Crippen LogP contribution in [0.4, 0.5) is 5.69 Å². The number of nitriles is 1. The predicted molar refractivity (Wildman–Crippen MR) is 89.0 cm³/mol. The molecule has 0 aliphatic carbocycles. The van der Waals surface area contributed by atoms with Crippen LogP contribution in [-0.2, 0) is 4.74 Å². The zero-order chi connectivity index (χ0) is 16.5. The molecule has 4 heterocycles. The lowest BCUT2D eigenvalue weighted by molar-refractivity contribution is 0.195. The summed E-state index contributed by atoms with van der Waals surface area (Å²) in [5.74, 6) is 0.689. The maximum absolute atomic E-state index is 8.98. The zero-order valence-corrected chi connectivity index (χ0v) is 13.2. The second-order valence-corrected chi connectivity index (χ2v) is 5.87. The van der Waals surface area contributed by atoms with Crippen LogP contribution >= 0.6 is 0 Å². The number of aryl methyl sites for hydroxylation is 1. The Hall–Kier alpha value is -2.98. The van der Waals surface area contributed by atoms with Crippen LogP contribution < -0.4 is 5.32 Å². The number of hydrogen-bond donors (Lipinski definition) is 1. The summed E-state index contributed by atoms with van der Waals surface area (Å²) < 4.78 is 7.11. The van der Waals surface area contributed by atoms with Gasteiger partial charge in [0.25, 0.3) is 0 Å². The summed E-state index contributed by atoms with van der Waals surface area (Å²) in [6.07, 6.45) is 6.07. The predicted octanol–water partition coefficient (Wildman–Crippen LogP) is 2.20. The molecular weight excluding hydrogens is 304 g/mol. The molecule has 1 atom stereocenters. The Labute approximate surface area is 138 Å². The van der Waals surface area contributed by atoms with Crippen molar-refractivity contribution >= 4 is 16.7 Å². The van der Waals surface area contributed by atoms with Crippen LogP contribution in [0.2, 0.25) is 0 Å². The fourth-order valence-electron chi connectivity index (χ4n) is 2.80. The van der Waals surface area contributed by atoms with Crippen molar-refractivity contribution in [3.8, 4) is 11.9 Å². The number of aromatic nitrogens is 4. The number of rotatable bonds is 3. The van der Waals surface area contributed by atoms with E-state index >= 15 is 0 Å². The molecule has 120 valence electrons. The van der Waals surface area contributed by atoms with Gasteiger partial charge in [0.1, 0.15) is 6.07 Å². The molecule has 7 heteroatoms. The van der Waals surface area contributed by atoms with Crippen LogP contribution in [0.15, 0.2) is 30.7 Å². The Kier molecular flexibility index (Phi) is 3.59. The van der Waals surface area contributed by atoms with Crippen molar-refractivity contribution in [1.82, 2.24) is 19.7 Å². The zero-order valence-electron chi connectivity index (χ0n) is 13.2. The fraction of sp³-hybridized carbons (Fsp3) is 0.294. The van der Waals surface area contributed by atoms with Crippen molar-refractivity contribution in [2.24, 2.45) is 0 Å². The van der Waals surface area contributed by atoms with Crippen molar-refractivity contribution in [1.29, 1.82) is 5.26 Å². The molecule has 0 saturated carbocycles. The van der Waals surface area contributed by atoms with Crippen molar-refractivity contribution < 1.29 is 4.74 Å². The van der Waals surface area contributed by atoms with Gasteiger partial charge in [-0.15, -0.1) is 0 Å². The first-order valence-corrected chi connectivity index (χ1v) is 7.80. The lowest BCUT2D eigenvalue weighted by atomic mass is 10.2. The van der Waals surface area contributed by atoms with E-state index in [0.717, 1.165) is 36.3 Å². The summed E-state index contributed by atoms with van der Waals surface area (Å²) >= 11 is 0. The molecule has 0 aromatic carbocycles. The molecule has 1 aliphatic heterocycles. The molecule has 0 bridgehead atoms. The van der Waals surface area contributed by atoms with Crippen LogP contribution in [-0.4, -0.2) is 39.0 Å². The van der Waals surface area contributed by atoms with Crippen molar-refractivity contribution in [3.05, 3.63) is 41.9 Å². The standard InChI is InChI=1S/C17H16N6O/c1-11-7-19-16(5-15(11)22-14-2-3-24-10-14)23-17-13(9-21-23)4-12(6-18)8-20-17/h4-5,7-9,14H,2-3,10H2,1H3,(H,19,22)/t14-/m1/s1. The highest BCUT2D eigenvalue weighted by Crippen LogP contribution is 2.22. The highest BCUT2D eigenvalue weighted by Gasteiger charge is 2.17. The third-order valence-electron chi connectivity index (χ3n) is 4.13. The van der Waals surface area contributed by atoms with Gasteiger partial charge in [0.2, 0.25) is 0 Å². The molecule has 0 spiro atoms. The van der Waals surface area contributed by atoms with Crippen LogP contribution in [0.3, 0.4) is 0 Å². The molecule has 7 nitrogen and oxygen atoms in total. The van der Waals surface area contributed by atoms with Crippen LogP contribution in [0.5, 0.6) is 0 Å². The Morgan fingerprint density at radius 3 is 3.00 bits per heavy atom. The van der Waals surface area contributed by atoms with Crippen molar-refractivity contribution in [2.45, 2.75) is 19.4 Å². The Morgan fingerprint density at radius 2 is 2.21 bits per heavy atom. The molecule has 1 aliphatic rings. The largest absolute Gasteiger partial charge is 0.380 e. The second kappa shape index (κ2) is 5.91. The van der Waals surface area contributed by atoms with E-state index in [-0.39, 0.29) is 0 Å². The lowest BCUT2D eigenvalue weighted by Gasteiger charge is -2.15. The van der Waals surface area contributed by atoms with Gasteiger partial charge < -0.3 is 10.1 Å². The molecule has 1 N–H and O–H groups in total. The quantitative estimate of drug-likeness (QED) is 0.796. The number of nitrogens with zero attached hydrogens (tertiary/aromatic N) is 5. The Morgan fingerprint density at radius 1 is 1.29 bits per heavy atom. The van der Waals surface area contributed by atoms with Gasteiger partial charge in [-0.05, 0) is 25.0 Å². The smallest absolute Gasteiger partial charge is 0.164 e. The van der Waals surface area contributed by atoms with Gasteiger partial charge in [-0.2, -0.15) is 15.0 Å². The summed E-state index contributed by atoms with van der Waals surface area (Å²) in [6.45, 7) is 3.54. The number of pyridine rings is 2. The number of anilines is 1. The Bertz CT molecular complexity index is 936. The van der Waals surface area contributed by atoms with Crippen LogP contribution in [0.1, 0.15) is 17.5 Å². The molecule has 0 radical (unpaired) electrons. The van der Waals surface area contributed by atoms with Crippen LogP contribution in [0.25, 0.3) is 16.9 Å². The van der Waals surface area contributed by atoms with E-state index in [0.29, 0.717) is 23.1 Å². The lowest BCUT2D eigenvalue weighted by Crippen LogP contribution is -2.20. The summed E-state index contributed by atoms with van der Waals surface area (Å²) in [7, 11) is 0. The molecule has 3 aromatic rings. The number of ether oxygens (including phenoxy) is 1. The molecule has 1 saturated heterocycles. The summed E-state index contributed by atoms with van der Waals surface area (Å²) in [5, 5.41) is 17.7. The minimum atomic E-state index is 0.324. The van der Waals surface area contributed by atoms with Gasteiger partial charge in [0, 0.05) is 36.1 Å². The van der Waals surface area contributed by atoms with E-state index < -0.39 is 0 Å². The van der Waals surface area contributed by atoms with Gasteiger partial charge >= 0.3 is 0 Å². The first kappa shape index (κ1) is 14.6. The maximum Gasteiger partial charge on any atom is 0.164 e. The first-order valence-electron chi connectivity index (χ1n) is 7.80. The minimum Gasteiger partial charge on any atom is -0.380 e. The van der Waals surface area contributed by atoms with Crippen LogP contribution in [0, 0.1) is 18.3 Å². The monoisotopic (exact) mass is 320 g/mol. The Balaban J connectivity index is 1.72. The van der Waals surface area contributed by atoms with E-state index in [4.69, 9.17) is 10.00 Å². The van der Waals surface area contributed by atoms with Crippen molar-refractivity contribution in [2.75, 3.05) is 18.5 Å². The van der Waals surface area contributed by atoms with Gasteiger partial charge in [0.15, 0.2) is 11.5 Å². The normalized spacial score (nSPS) is 17.1. The average Bonchev–Trinajstić information content (AvgIpc) is 3.25. The van der Waals surface area contributed by atoms with E-state index in [1.807, 2.05) is 19.2 Å². The third-order valence-corrected chi connectivity index (χ3v) is 4.13. The first-order chi connectivity index (χ1) is 11.7. The summed E-state index contributed by atoms with van der Waals surface area (Å²) in [6, 6.07) is 6.16. The molecule has 3 aromatic heterocycles. The molecule has 0 amide bonds. The molecule has 4 rings (SSSR count). The van der Waals surface area contributed by atoms with Gasteiger partial charge in [-0.25, -0.2) is 9.97 Å². The SMILES string of the molecule is Cc1cnc(-n2ncc3cc(C#N)cnc32)cc1N[C@@H]1CCOC1. The molecule has 1 fully saturated rings. The van der Waals surface area contributed by atoms with Gasteiger partial charge in [-0.1, -0.05) is 0 Å². The molecular formula is C17H16N6O. The third kappa shape index (κ3) is 2.57. The number of hydrogen-bond acceptors (Lipinski definition) is 6. The van der Waals surface area contributed by atoms with E-state index in [2.05, 4.69) is 26.5 Å². The molecule has 24 heavy (non-hydrogen) atoms. The highest BCUT2D eigenvalue weighted by molar-refractivity contribution is 5.77. The number of fused-ring (bicyclic) bond motifs is 1. The summed E-state index contributed by atoms with van der Waals surface area (Å²) in [5.41, 5.74) is 3.29. The van der Waals surface area contributed by atoms with Crippen molar-refractivity contribution in [3.63, 3.8) is 0 Å². The maximum atomic E-state index is 8.98. The van der Waals surface area contributed by atoms with E-state index in [9.17, 15) is 0 Å². The topological polar surface area (TPSA) is 88.7 Å².